The summed E-state index contributed by atoms with van der Waals surface area (Å²) in [7, 11) is 6.29. The number of ketones is 1. The largest absolute Gasteiger partial charge is 0.494 e. The average Bonchev–Trinajstić information content (AvgIpc) is 3.04. The van der Waals surface area contributed by atoms with Crippen molar-refractivity contribution in [3.05, 3.63) is 112 Å². The van der Waals surface area contributed by atoms with E-state index in [1.807, 2.05) is 31.1 Å². The van der Waals surface area contributed by atoms with E-state index in [1.54, 1.807) is 48.8 Å². The fraction of sp³-hybridized carbons (Fsp3) is 0.206. The quantitative estimate of drug-likeness (QED) is 0.188. The molecule has 0 unspecified atom stereocenters. The topological polar surface area (TPSA) is 111 Å². The van der Waals surface area contributed by atoms with E-state index in [1.165, 1.54) is 31.0 Å². The molecular formula is C34H32F2N6O4. The lowest BCUT2D eigenvalue weighted by Crippen LogP contribution is -2.24. The number of carbonyl (C=O) groups is 1. The van der Waals surface area contributed by atoms with Crippen LogP contribution < -0.4 is 20.3 Å². The van der Waals surface area contributed by atoms with E-state index in [4.69, 9.17) is 9.47 Å². The number of likely N-dealkylation sites (N-methyl/N-ethyl adjacent to an activating group) is 1. The van der Waals surface area contributed by atoms with Crippen molar-refractivity contribution in [2.24, 2.45) is 0 Å². The Morgan fingerprint density at radius 1 is 1.00 bits per heavy atom. The minimum atomic E-state index is -1.05. The van der Waals surface area contributed by atoms with E-state index in [-0.39, 0.29) is 47.4 Å². The highest BCUT2D eigenvalue weighted by Crippen LogP contribution is 2.37. The Hall–Kier alpha value is -5.49. The zero-order valence-electron chi connectivity index (χ0n) is 25.8. The number of carbonyl (C=O) groups excluding carboxylic acids is 1. The Bertz CT molecular complexity index is 1950. The first-order valence-electron chi connectivity index (χ1n) is 14.3. The van der Waals surface area contributed by atoms with Gasteiger partial charge in [0.25, 0.3) is 5.56 Å². The molecule has 5 rings (SSSR count). The van der Waals surface area contributed by atoms with Crippen molar-refractivity contribution in [3.63, 3.8) is 0 Å². The Labute approximate surface area is 264 Å². The van der Waals surface area contributed by atoms with Gasteiger partial charge in [-0.3, -0.25) is 19.1 Å². The van der Waals surface area contributed by atoms with Crippen molar-refractivity contribution in [2.45, 2.75) is 13.0 Å². The highest BCUT2D eigenvalue weighted by molar-refractivity contribution is 5.91. The first-order chi connectivity index (χ1) is 22.2. The number of methoxy groups -OCH3 is 2. The molecular weight excluding hydrogens is 594 g/mol. The number of ether oxygens (including phenoxy) is 2. The van der Waals surface area contributed by atoms with Crippen molar-refractivity contribution >= 4 is 28.5 Å². The number of hydrogen-bond donors (Lipinski definition) is 1. The summed E-state index contributed by atoms with van der Waals surface area (Å²) in [5, 5.41) is 3.41. The van der Waals surface area contributed by atoms with Gasteiger partial charge in [0, 0.05) is 36.8 Å². The van der Waals surface area contributed by atoms with Gasteiger partial charge in [-0.05, 0) is 49.5 Å². The van der Waals surface area contributed by atoms with Crippen LogP contribution in [0.25, 0.3) is 22.2 Å². The molecule has 0 atom stereocenters. The van der Waals surface area contributed by atoms with Gasteiger partial charge in [-0.2, -0.15) is 4.98 Å². The van der Waals surface area contributed by atoms with Crippen LogP contribution in [0.4, 0.5) is 20.4 Å². The molecule has 0 bridgehead atoms. The molecule has 2 aromatic carbocycles. The summed E-state index contributed by atoms with van der Waals surface area (Å²) >= 11 is 0. The van der Waals surface area contributed by atoms with E-state index in [2.05, 4.69) is 20.3 Å². The molecule has 5 aromatic rings. The summed E-state index contributed by atoms with van der Waals surface area (Å²) < 4.78 is 42.8. The Kier molecular flexibility index (Phi) is 9.77. The van der Waals surface area contributed by atoms with Crippen LogP contribution in [0.15, 0.2) is 84.1 Å². The number of halogens is 2. The van der Waals surface area contributed by atoms with Crippen LogP contribution in [0, 0.1) is 11.6 Å². The van der Waals surface area contributed by atoms with Gasteiger partial charge in [0.05, 0.1) is 43.8 Å². The second kappa shape index (κ2) is 14.1. The van der Waals surface area contributed by atoms with Crippen molar-refractivity contribution in [1.82, 2.24) is 24.4 Å². The summed E-state index contributed by atoms with van der Waals surface area (Å²) in [5.74, 6) is -2.57. The highest BCUT2D eigenvalue weighted by Gasteiger charge is 2.25. The van der Waals surface area contributed by atoms with Crippen molar-refractivity contribution in [2.75, 3.05) is 40.2 Å². The SMILES string of the molecule is COc1cc(OC)c(F)c(-c2cc3cnc(Nc4cccnc4)nc3n(Cc3cccc(CC(=O)/C=C/CN(C)C)c3)c2=O)c1F. The minimum Gasteiger partial charge on any atom is -0.494 e. The maximum atomic E-state index is 15.6. The molecule has 236 valence electrons. The normalized spacial score (nSPS) is 11.4. The first-order valence-corrected chi connectivity index (χ1v) is 14.3. The zero-order valence-corrected chi connectivity index (χ0v) is 25.8. The molecule has 0 amide bonds. The number of hydrogen-bond acceptors (Lipinski definition) is 9. The smallest absolute Gasteiger partial charge is 0.260 e. The van der Waals surface area contributed by atoms with Gasteiger partial charge < -0.3 is 19.7 Å². The molecule has 0 saturated heterocycles. The van der Waals surface area contributed by atoms with E-state index >= 15 is 8.78 Å². The van der Waals surface area contributed by atoms with Crippen LogP contribution in [-0.4, -0.2) is 65.1 Å². The molecule has 0 radical (unpaired) electrons. The summed E-state index contributed by atoms with van der Waals surface area (Å²) in [6.07, 6.45) is 8.18. The van der Waals surface area contributed by atoms with Gasteiger partial charge in [0.2, 0.25) is 5.95 Å². The molecule has 0 fully saturated rings. The minimum absolute atomic E-state index is 0.0185. The number of pyridine rings is 2. The summed E-state index contributed by atoms with van der Waals surface area (Å²) in [5.41, 5.74) is 0.684. The van der Waals surface area contributed by atoms with E-state index in [0.717, 1.165) is 11.6 Å². The maximum absolute atomic E-state index is 15.6. The number of nitrogens with zero attached hydrogens (tertiary/aromatic N) is 5. The van der Waals surface area contributed by atoms with Gasteiger partial charge in [-0.25, -0.2) is 13.8 Å². The second-order valence-corrected chi connectivity index (χ2v) is 10.7. The number of fused-ring (bicyclic) bond motifs is 1. The van der Waals surface area contributed by atoms with Crippen LogP contribution in [0.2, 0.25) is 0 Å². The molecule has 0 aliphatic rings. The number of rotatable bonds is 12. The van der Waals surface area contributed by atoms with E-state index in [9.17, 15) is 9.59 Å². The predicted molar refractivity (Wildman–Crippen MR) is 172 cm³/mol. The Morgan fingerprint density at radius 2 is 1.74 bits per heavy atom. The number of aromatic nitrogens is 4. The van der Waals surface area contributed by atoms with Crippen LogP contribution in [-0.2, 0) is 17.8 Å². The van der Waals surface area contributed by atoms with Crippen molar-refractivity contribution in [1.29, 1.82) is 0 Å². The van der Waals surface area contributed by atoms with Gasteiger partial charge >= 0.3 is 0 Å². The fourth-order valence-electron chi connectivity index (χ4n) is 4.91. The molecule has 3 heterocycles. The molecule has 3 aromatic heterocycles. The molecule has 10 nitrogen and oxygen atoms in total. The number of benzene rings is 2. The van der Waals surface area contributed by atoms with Crippen molar-refractivity contribution in [3.8, 4) is 22.6 Å². The third-order valence-electron chi connectivity index (χ3n) is 7.07. The van der Waals surface area contributed by atoms with Crippen LogP contribution in [0.5, 0.6) is 11.5 Å². The standard InChI is InChI=1S/C34H32F2N6O4/c1-41(2)13-7-11-25(43)15-21-8-5-9-22(14-21)20-42-32-23(18-38-34(40-32)39-24-10-6-12-37-19-24)16-26(33(42)44)29-30(35)27(45-3)17-28(46-4)31(29)36/h5-12,14,16-19H,13,15,20H2,1-4H3,(H,38,39,40)/b11-7+. The third kappa shape index (κ3) is 7.08. The maximum Gasteiger partial charge on any atom is 0.260 e. The van der Waals surface area contributed by atoms with Crippen LogP contribution in [0.1, 0.15) is 11.1 Å². The highest BCUT2D eigenvalue weighted by atomic mass is 19.1. The Balaban J connectivity index is 1.63. The van der Waals surface area contributed by atoms with Gasteiger partial charge in [0.1, 0.15) is 5.65 Å². The molecule has 0 aliphatic carbocycles. The number of nitrogens with one attached hydrogen (secondary N) is 1. The summed E-state index contributed by atoms with van der Waals surface area (Å²) in [6, 6.07) is 13.2. The fourth-order valence-corrected chi connectivity index (χ4v) is 4.91. The van der Waals surface area contributed by atoms with Crippen LogP contribution >= 0.6 is 0 Å². The first kappa shape index (κ1) is 31.9. The second-order valence-electron chi connectivity index (χ2n) is 10.7. The molecule has 0 saturated carbocycles. The van der Waals surface area contributed by atoms with Crippen molar-refractivity contribution < 1.29 is 23.0 Å². The molecule has 46 heavy (non-hydrogen) atoms. The zero-order chi connectivity index (χ0) is 32.8. The van der Waals surface area contributed by atoms with E-state index in [0.29, 0.717) is 23.2 Å². The molecule has 0 aliphatic heterocycles. The molecule has 0 spiro atoms. The van der Waals surface area contributed by atoms with Crippen LogP contribution in [0.3, 0.4) is 0 Å². The number of anilines is 2. The lowest BCUT2D eigenvalue weighted by molar-refractivity contribution is -0.114. The monoisotopic (exact) mass is 626 g/mol. The Morgan fingerprint density at radius 3 is 2.41 bits per heavy atom. The lowest BCUT2D eigenvalue weighted by atomic mass is 10.0. The predicted octanol–water partition coefficient (Wildman–Crippen LogP) is 5.17. The molecule has 12 heteroatoms. The third-order valence-corrected chi connectivity index (χ3v) is 7.07. The van der Waals surface area contributed by atoms with E-state index < -0.39 is 22.8 Å². The summed E-state index contributed by atoms with van der Waals surface area (Å²) in [6.45, 7) is 0.618. The van der Waals surface area contributed by atoms with Gasteiger partial charge in [-0.1, -0.05) is 30.3 Å². The number of allylic oxidation sites excluding steroid dienone is 1. The lowest BCUT2D eigenvalue weighted by Gasteiger charge is -2.16. The molecule has 1 N–H and O–H groups in total. The van der Waals surface area contributed by atoms with Gasteiger partial charge in [0.15, 0.2) is 28.9 Å². The van der Waals surface area contributed by atoms with Gasteiger partial charge in [-0.15, -0.1) is 0 Å². The summed E-state index contributed by atoms with van der Waals surface area (Å²) in [4.78, 5) is 41.7. The average molecular weight is 627 g/mol.